The van der Waals surface area contributed by atoms with Crippen LogP contribution in [0, 0.1) is 5.92 Å². The van der Waals surface area contributed by atoms with E-state index in [-0.39, 0.29) is 18.2 Å². The van der Waals surface area contributed by atoms with E-state index in [0.717, 1.165) is 16.5 Å². The van der Waals surface area contributed by atoms with E-state index < -0.39 is 18.1 Å². The van der Waals surface area contributed by atoms with Gasteiger partial charge in [-0.05, 0) is 42.5 Å². The number of aliphatic hydroxyl groups is 1. The number of H-pyrrole nitrogens is 1. The number of aromatic nitrogens is 1. The number of carbonyl (C=O) groups is 2. The summed E-state index contributed by atoms with van der Waals surface area (Å²) >= 11 is 0. The van der Waals surface area contributed by atoms with Gasteiger partial charge in [-0.15, -0.1) is 0 Å². The van der Waals surface area contributed by atoms with Gasteiger partial charge in [-0.3, -0.25) is 9.59 Å². The Balaban J connectivity index is 1.66. The van der Waals surface area contributed by atoms with Crippen LogP contribution in [0.15, 0.2) is 60.8 Å². The summed E-state index contributed by atoms with van der Waals surface area (Å²) in [5, 5.41) is 21.3. The first kappa shape index (κ1) is 19.2. The Kier molecular flexibility index (Phi) is 5.36. The number of carbonyl (C=O) groups excluding carboxylic acids is 1. The first-order valence-electron chi connectivity index (χ1n) is 9.85. The van der Waals surface area contributed by atoms with Crippen LogP contribution in [-0.4, -0.2) is 50.7 Å². The maximum absolute atomic E-state index is 13.2. The minimum Gasteiger partial charge on any atom is -0.481 e. The van der Waals surface area contributed by atoms with Crippen LogP contribution in [0.25, 0.3) is 10.9 Å². The molecule has 4 rings (SSSR count). The van der Waals surface area contributed by atoms with Crippen LogP contribution >= 0.6 is 0 Å². The fourth-order valence-electron chi connectivity index (χ4n) is 4.34. The van der Waals surface area contributed by atoms with Crippen molar-refractivity contribution in [3.05, 3.63) is 71.9 Å². The number of nitrogens with one attached hydrogen (secondary N) is 1. The van der Waals surface area contributed by atoms with Gasteiger partial charge in [0.25, 0.3) is 5.91 Å². The number of aliphatic hydroxyl groups excluding tert-OH is 1. The van der Waals surface area contributed by atoms with E-state index in [1.165, 1.54) is 0 Å². The molecule has 0 spiro atoms. The van der Waals surface area contributed by atoms with Gasteiger partial charge in [-0.1, -0.05) is 36.4 Å². The fraction of sp³-hybridized carbons (Fsp3) is 0.304. The molecule has 29 heavy (non-hydrogen) atoms. The lowest BCUT2D eigenvalue weighted by atomic mass is 9.82. The van der Waals surface area contributed by atoms with Crippen LogP contribution in [0.3, 0.4) is 0 Å². The number of carboxylic acid groups (broad SMARTS) is 1. The van der Waals surface area contributed by atoms with Crippen molar-refractivity contribution in [2.24, 2.45) is 5.92 Å². The Bertz CT molecular complexity index is 1010. The predicted molar refractivity (Wildman–Crippen MR) is 110 cm³/mol. The molecule has 0 saturated carbocycles. The quantitative estimate of drug-likeness (QED) is 0.622. The van der Waals surface area contributed by atoms with Crippen molar-refractivity contribution in [2.75, 3.05) is 6.54 Å². The van der Waals surface area contributed by atoms with E-state index >= 15 is 0 Å². The summed E-state index contributed by atoms with van der Waals surface area (Å²) < 4.78 is 0. The molecule has 6 nitrogen and oxygen atoms in total. The number of fused-ring (bicyclic) bond motifs is 1. The van der Waals surface area contributed by atoms with Crippen LogP contribution in [0.5, 0.6) is 0 Å². The molecule has 0 radical (unpaired) electrons. The van der Waals surface area contributed by atoms with Crippen molar-refractivity contribution < 1.29 is 19.8 Å². The minimum atomic E-state index is -0.928. The van der Waals surface area contributed by atoms with Crippen LogP contribution in [0.4, 0.5) is 0 Å². The number of carboxylic acids is 1. The number of hydrogen-bond donors (Lipinski definition) is 3. The van der Waals surface area contributed by atoms with Crippen molar-refractivity contribution in [3.8, 4) is 0 Å². The zero-order valence-electron chi connectivity index (χ0n) is 16.0. The van der Waals surface area contributed by atoms with Gasteiger partial charge in [0.2, 0.25) is 0 Å². The number of amides is 1. The molecular formula is C23H24N2O4. The zero-order valence-corrected chi connectivity index (χ0v) is 16.0. The first-order valence-corrected chi connectivity index (χ1v) is 9.85. The maximum atomic E-state index is 13.2. The number of likely N-dealkylation sites (tertiary alicyclic amines) is 1. The number of aromatic amines is 1. The molecule has 0 unspecified atom stereocenters. The Morgan fingerprint density at radius 2 is 1.79 bits per heavy atom. The van der Waals surface area contributed by atoms with E-state index in [2.05, 4.69) is 4.98 Å². The molecule has 150 valence electrons. The third kappa shape index (κ3) is 3.89. The molecule has 3 aromatic rings. The summed E-state index contributed by atoms with van der Waals surface area (Å²) in [4.78, 5) is 29.4. The van der Waals surface area contributed by atoms with Crippen molar-refractivity contribution in [1.29, 1.82) is 0 Å². The monoisotopic (exact) mass is 392 g/mol. The molecular weight excluding hydrogens is 368 g/mol. The Hall–Kier alpha value is -3.12. The second kappa shape index (κ2) is 8.09. The summed E-state index contributed by atoms with van der Waals surface area (Å²) in [6.45, 7) is 0.426. The Labute approximate surface area is 168 Å². The van der Waals surface area contributed by atoms with E-state index in [1.54, 1.807) is 17.0 Å². The smallest absolute Gasteiger partial charge is 0.303 e. The van der Waals surface area contributed by atoms with Crippen molar-refractivity contribution >= 4 is 22.8 Å². The minimum absolute atomic E-state index is 0.0983. The molecule has 1 fully saturated rings. The molecule has 1 aromatic heterocycles. The second-order valence-electron chi connectivity index (χ2n) is 7.63. The van der Waals surface area contributed by atoms with Crippen molar-refractivity contribution in [1.82, 2.24) is 9.88 Å². The number of piperidine rings is 1. The standard InChI is InChI=1S/C23H24N2O4/c26-21(27)13-16-10-11-25(23(29)15-6-2-1-3-7-15)20(22(16)28)12-17-14-24-19-9-5-4-8-18(17)19/h1-9,14,16,20,22,24,28H,10-13H2,(H,26,27)/t16-,20-,22+/m0/s1. The van der Waals surface area contributed by atoms with Crippen molar-refractivity contribution in [3.63, 3.8) is 0 Å². The van der Waals surface area contributed by atoms with Crippen LogP contribution in [0.2, 0.25) is 0 Å². The van der Waals surface area contributed by atoms with Gasteiger partial charge in [0, 0.05) is 29.2 Å². The predicted octanol–water partition coefficient (Wildman–Crippen LogP) is 3.08. The fourth-order valence-corrected chi connectivity index (χ4v) is 4.34. The number of hydrogen-bond acceptors (Lipinski definition) is 3. The third-order valence-electron chi connectivity index (χ3n) is 5.84. The normalized spacial score (nSPS) is 22.0. The molecule has 1 aliphatic rings. The van der Waals surface area contributed by atoms with Crippen LogP contribution in [0.1, 0.15) is 28.8 Å². The SMILES string of the molecule is O=C(O)C[C@@H]1CCN(C(=O)c2ccccc2)[C@@H](Cc2c[nH]c3ccccc23)[C@@H]1O. The molecule has 2 aromatic carbocycles. The molecule has 1 aliphatic heterocycles. The van der Waals surface area contributed by atoms with Gasteiger partial charge < -0.3 is 20.1 Å². The van der Waals surface area contributed by atoms with E-state index in [4.69, 9.17) is 0 Å². The van der Waals surface area contributed by atoms with Gasteiger partial charge in [0.1, 0.15) is 0 Å². The molecule has 0 aliphatic carbocycles. The zero-order chi connectivity index (χ0) is 20.4. The summed E-state index contributed by atoms with van der Waals surface area (Å²) in [5.41, 5.74) is 2.57. The molecule has 1 saturated heterocycles. The summed E-state index contributed by atoms with van der Waals surface area (Å²) in [6, 6.07) is 16.4. The van der Waals surface area contributed by atoms with Gasteiger partial charge in [0.15, 0.2) is 0 Å². The van der Waals surface area contributed by atoms with E-state index in [0.29, 0.717) is 24.9 Å². The van der Waals surface area contributed by atoms with Gasteiger partial charge >= 0.3 is 5.97 Å². The van der Waals surface area contributed by atoms with Gasteiger partial charge in [0.05, 0.1) is 18.6 Å². The highest BCUT2D eigenvalue weighted by Crippen LogP contribution is 2.31. The maximum Gasteiger partial charge on any atom is 0.303 e. The van der Waals surface area contributed by atoms with Crippen LogP contribution in [-0.2, 0) is 11.2 Å². The first-order chi connectivity index (χ1) is 14.0. The van der Waals surface area contributed by atoms with Gasteiger partial charge in [-0.25, -0.2) is 0 Å². The lowest BCUT2D eigenvalue weighted by molar-refractivity contribution is -0.140. The molecule has 3 atom stereocenters. The number of benzene rings is 2. The molecule has 0 bridgehead atoms. The molecule has 2 heterocycles. The number of nitrogens with zero attached hydrogens (tertiary/aromatic N) is 1. The third-order valence-corrected chi connectivity index (χ3v) is 5.84. The van der Waals surface area contributed by atoms with Crippen LogP contribution < -0.4 is 0 Å². The lowest BCUT2D eigenvalue weighted by Gasteiger charge is -2.43. The lowest BCUT2D eigenvalue weighted by Crippen LogP contribution is -2.55. The number of para-hydroxylation sites is 1. The van der Waals surface area contributed by atoms with Gasteiger partial charge in [-0.2, -0.15) is 0 Å². The summed E-state index contributed by atoms with van der Waals surface area (Å²) in [6.07, 6.45) is 1.83. The number of rotatable bonds is 5. The second-order valence-corrected chi connectivity index (χ2v) is 7.63. The topological polar surface area (TPSA) is 93.6 Å². The average molecular weight is 392 g/mol. The average Bonchev–Trinajstić information content (AvgIpc) is 3.14. The highest BCUT2D eigenvalue weighted by molar-refractivity contribution is 5.94. The highest BCUT2D eigenvalue weighted by atomic mass is 16.4. The Morgan fingerprint density at radius 1 is 1.07 bits per heavy atom. The highest BCUT2D eigenvalue weighted by Gasteiger charge is 2.40. The molecule has 1 amide bonds. The molecule has 6 heteroatoms. The largest absolute Gasteiger partial charge is 0.481 e. The molecule has 3 N–H and O–H groups in total. The van der Waals surface area contributed by atoms with Crippen molar-refractivity contribution in [2.45, 2.75) is 31.4 Å². The van der Waals surface area contributed by atoms with E-state index in [1.807, 2.05) is 48.7 Å². The summed E-state index contributed by atoms with van der Waals surface area (Å²) in [5.74, 6) is -1.44. The van der Waals surface area contributed by atoms with E-state index in [9.17, 15) is 19.8 Å². The summed E-state index contributed by atoms with van der Waals surface area (Å²) in [7, 11) is 0. The Morgan fingerprint density at radius 3 is 2.55 bits per heavy atom. The number of aliphatic carboxylic acids is 1.